The first-order valence-electron chi connectivity index (χ1n) is 5.04. The Labute approximate surface area is 89.4 Å². The molecule has 15 heavy (non-hydrogen) atoms. The first-order valence-corrected chi connectivity index (χ1v) is 5.04. The number of hydrogen-bond acceptors (Lipinski definition) is 3. The molecule has 86 valence electrons. The molecule has 1 aliphatic rings. The molecule has 0 saturated carbocycles. The minimum absolute atomic E-state index is 0.0116. The van der Waals surface area contributed by atoms with E-state index in [4.69, 9.17) is 5.73 Å². The van der Waals surface area contributed by atoms with Crippen LogP contribution in [-0.4, -0.2) is 61.0 Å². The highest BCUT2D eigenvalue weighted by molar-refractivity contribution is 5.85. The number of hydrogen-bond donors (Lipinski definition) is 2. The average Bonchev–Trinajstić information content (AvgIpc) is 2.26. The average molecular weight is 214 g/mol. The lowest BCUT2D eigenvalue weighted by Gasteiger charge is -2.33. The van der Waals surface area contributed by atoms with Gasteiger partial charge in [0.05, 0.1) is 0 Å². The van der Waals surface area contributed by atoms with Crippen LogP contribution in [0.4, 0.5) is 4.79 Å². The highest BCUT2D eigenvalue weighted by Gasteiger charge is 2.25. The normalized spacial score (nSPS) is 18.3. The number of carbonyl (C=O) groups is 2. The van der Waals surface area contributed by atoms with Gasteiger partial charge in [-0.2, -0.15) is 0 Å². The third-order valence-corrected chi connectivity index (χ3v) is 2.61. The van der Waals surface area contributed by atoms with Crippen LogP contribution in [-0.2, 0) is 4.79 Å². The Balaban J connectivity index is 2.55. The van der Waals surface area contributed by atoms with Gasteiger partial charge in [0.25, 0.3) is 0 Å². The van der Waals surface area contributed by atoms with Crippen LogP contribution in [0, 0.1) is 0 Å². The van der Waals surface area contributed by atoms with E-state index >= 15 is 0 Å². The van der Waals surface area contributed by atoms with E-state index in [2.05, 4.69) is 5.32 Å². The molecule has 1 heterocycles. The van der Waals surface area contributed by atoms with Gasteiger partial charge in [-0.25, -0.2) is 4.79 Å². The maximum atomic E-state index is 11.9. The van der Waals surface area contributed by atoms with Gasteiger partial charge in [-0.3, -0.25) is 4.79 Å². The summed E-state index contributed by atoms with van der Waals surface area (Å²) < 4.78 is 0. The SMILES string of the molecule is CC(CN)N(C)C(=O)N1CCNC(=O)C1. The Morgan fingerprint density at radius 3 is 2.93 bits per heavy atom. The summed E-state index contributed by atoms with van der Waals surface area (Å²) in [6.45, 7) is 3.52. The van der Waals surface area contributed by atoms with E-state index in [0.717, 1.165) is 0 Å². The van der Waals surface area contributed by atoms with E-state index in [0.29, 0.717) is 19.6 Å². The predicted octanol–water partition coefficient (Wildman–Crippen LogP) is -1.18. The molecule has 0 spiro atoms. The van der Waals surface area contributed by atoms with E-state index in [1.54, 1.807) is 11.9 Å². The molecule has 0 radical (unpaired) electrons. The molecule has 0 aliphatic carbocycles. The number of rotatable bonds is 2. The number of urea groups is 1. The molecule has 1 atom stereocenters. The number of nitrogens with one attached hydrogen (secondary N) is 1. The fourth-order valence-electron chi connectivity index (χ4n) is 1.37. The van der Waals surface area contributed by atoms with Crippen molar-refractivity contribution >= 4 is 11.9 Å². The minimum atomic E-state index is -0.136. The summed E-state index contributed by atoms with van der Waals surface area (Å²) in [7, 11) is 1.70. The largest absolute Gasteiger partial charge is 0.353 e. The second-order valence-corrected chi connectivity index (χ2v) is 3.75. The van der Waals surface area contributed by atoms with Crippen molar-refractivity contribution in [2.24, 2.45) is 5.73 Å². The van der Waals surface area contributed by atoms with Crippen LogP contribution in [0.5, 0.6) is 0 Å². The van der Waals surface area contributed by atoms with E-state index in [-0.39, 0.29) is 24.5 Å². The third kappa shape index (κ3) is 2.82. The number of carbonyl (C=O) groups excluding carboxylic acids is 2. The van der Waals surface area contributed by atoms with Crippen molar-refractivity contribution in [2.75, 3.05) is 33.2 Å². The molecule has 1 aliphatic heterocycles. The van der Waals surface area contributed by atoms with Crippen LogP contribution < -0.4 is 11.1 Å². The van der Waals surface area contributed by atoms with Gasteiger partial charge in [-0.1, -0.05) is 0 Å². The molecule has 1 fully saturated rings. The quantitative estimate of drug-likeness (QED) is 0.607. The van der Waals surface area contributed by atoms with Crippen LogP contribution in [0.25, 0.3) is 0 Å². The highest BCUT2D eigenvalue weighted by Crippen LogP contribution is 2.03. The zero-order valence-electron chi connectivity index (χ0n) is 9.19. The lowest BCUT2D eigenvalue weighted by Crippen LogP contribution is -2.55. The summed E-state index contributed by atoms with van der Waals surface area (Å²) in [5, 5.41) is 2.67. The van der Waals surface area contributed by atoms with Crippen LogP contribution >= 0.6 is 0 Å². The van der Waals surface area contributed by atoms with E-state index in [9.17, 15) is 9.59 Å². The van der Waals surface area contributed by atoms with E-state index < -0.39 is 0 Å². The van der Waals surface area contributed by atoms with Crippen molar-refractivity contribution in [1.82, 2.24) is 15.1 Å². The van der Waals surface area contributed by atoms with E-state index in [1.807, 2.05) is 6.92 Å². The van der Waals surface area contributed by atoms with E-state index in [1.165, 1.54) is 4.90 Å². The van der Waals surface area contributed by atoms with Crippen LogP contribution in [0.15, 0.2) is 0 Å². The highest BCUT2D eigenvalue weighted by atomic mass is 16.2. The van der Waals surface area contributed by atoms with Crippen LogP contribution in [0.3, 0.4) is 0 Å². The van der Waals surface area contributed by atoms with Gasteiger partial charge in [-0.15, -0.1) is 0 Å². The van der Waals surface area contributed by atoms with Crippen LogP contribution in [0.1, 0.15) is 6.92 Å². The predicted molar refractivity (Wildman–Crippen MR) is 56.3 cm³/mol. The summed E-state index contributed by atoms with van der Waals surface area (Å²) in [6.07, 6.45) is 0. The van der Waals surface area contributed by atoms with Gasteiger partial charge in [0.15, 0.2) is 0 Å². The smallest absolute Gasteiger partial charge is 0.320 e. The number of nitrogens with two attached hydrogens (primary N) is 1. The molecule has 1 saturated heterocycles. The molecule has 3 N–H and O–H groups in total. The van der Waals surface area contributed by atoms with Gasteiger partial charge < -0.3 is 20.9 Å². The molecule has 1 rings (SSSR count). The van der Waals surface area contributed by atoms with Crippen molar-refractivity contribution in [2.45, 2.75) is 13.0 Å². The molecule has 0 bridgehead atoms. The summed E-state index contributed by atoms with van der Waals surface area (Å²) in [6, 6.07) is -0.148. The second-order valence-electron chi connectivity index (χ2n) is 3.75. The van der Waals surface area contributed by atoms with Gasteiger partial charge in [0, 0.05) is 32.7 Å². The maximum absolute atomic E-state index is 11.9. The summed E-state index contributed by atoms with van der Waals surface area (Å²) in [5.74, 6) is -0.108. The van der Waals surface area contributed by atoms with Crippen molar-refractivity contribution in [3.05, 3.63) is 0 Å². The molecule has 0 aromatic carbocycles. The molecule has 6 nitrogen and oxygen atoms in total. The van der Waals surface area contributed by atoms with Crippen molar-refractivity contribution in [3.63, 3.8) is 0 Å². The lowest BCUT2D eigenvalue weighted by atomic mass is 10.3. The molecular weight excluding hydrogens is 196 g/mol. The number of piperazine rings is 1. The molecule has 0 aromatic heterocycles. The number of amides is 3. The summed E-state index contributed by atoms with van der Waals surface area (Å²) in [5.41, 5.74) is 5.48. The molecule has 3 amide bonds. The summed E-state index contributed by atoms with van der Waals surface area (Å²) in [4.78, 5) is 26.1. The van der Waals surface area contributed by atoms with Gasteiger partial charge in [0.2, 0.25) is 5.91 Å². The lowest BCUT2D eigenvalue weighted by molar-refractivity contribution is -0.123. The van der Waals surface area contributed by atoms with Crippen molar-refractivity contribution in [1.29, 1.82) is 0 Å². The Morgan fingerprint density at radius 1 is 1.73 bits per heavy atom. The fraction of sp³-hybridized carbons (Fsp3) is 0.778. The van der Waals surface area contributed by atoms with Crippen molar-refractivity contribution in [3.8, 4) is 0 Å². The topological polar surface area (TPSA) is 78.7 Å². The minimum Gasteiger partial charge on any atom is -0.353 e. The number of likely N-dealkylation sites (N-methyl/N-ethyl adjacent to an activating group) is 1. The zero-order chi connectivity index (χ0) is 11.4. The Kier molecular flexibility index (Phi) is 3.90. The monoisotopic (exact) mass is 214 g/mol. The number of nitrogens with zero attached hydrogens (tertiary/aromatic N) is 2. The first kappa shape index (κ1) is 11.8. The standard InChI is InChI=1S/C9H18N4O2/c1-7(5-10)12(2)9(15)13-4-3-11-8(14)6-13/h7H,3-6,10H2,1-2H3,(H,11,14). The second kappa shape index (κ2) is 4.97. The Bertz CT molecular complexity index is 256. The first-order chi connectivity index (χ1) is 7.06. The Hall–Kier alpha value is -1.30. The molecule has 1 unspecified atom stereocenters. The van der Waals surface area contributed by atoms with Crippen LogP contribution in [0.2, 0.25) is 0 Å². The molecular formula is C9H18N4O2. The van der Waals surface area contributed by atoms with Gasteiger partial charge >= 0.3 is 6.03 Å². The van der Waals surface area contributed by atoms with Gasteiger partial charge in [0.1, 0.15) is 6.54 Å². The fourth-order valence-corrected chi connectivity index (χ4v) is 1.37. The summed E-state index contributed by atoms with van der Waals surface area (Å²) >= 11 is 0. The molecule has 6 heteroatoms. The third-order valence-electron chi connectivity index (χ3n) is 2.61. The molecule has 0 aromatic rings. The van der Waals surface area contributed by atoms with Crippen molar-refractivity contribution < 1.29 is 9.59 Å². The Morgan fingerprint density at radius 2 is 2.40 bits per heavy atom. The van der Waals surface area contributed by atoms with Gasteiger partial charge in [-0.05, 0) is 6.92 Å². The maximum Gasteiger partial charge on any atom is 0.320 e. The zero-order valence-corrected chi connectivity index (χ0v) is 9.19.